The van der Waals surface area contributed by atoms with E-state index in [0.717, 1.165) is 5.56 Å². The maximum absolute atomic E-state index is 11.6. The molecule has 2 rings (SSSR count). The summed E-state index contributed by atoms with van der Waals surface area (Å²) in [4.78, 5) is 16.0. The minimum absolute atomic E-state index is 0.0534. The van der Waals surface area contributed by atoms with Gasteiger partial charge in [-0.1, -0.05) is 35.5 Å². The van der Waals surface area contributed by atoms with Gasteiger partial charge in [-0.05, 0) is 25.5 Å². The number of amides is 1. The number of hydrogen-bond donors (Lipinski definition) is 2. The molecule has 0 aliphatic rings. The molecular formula is C15H20N4O2. The molecule has 3 N–H and O–H groups in total. The van der Waals surface area contributed by atoms with Gasteiger partial charge in [0.05, 0.1) is 12.5 Å². The highest BCUT2D eigenvalue weighted by atomic mass is 16.5. The lowest BCUT2D eigenvalue weighted by Gasteiger charge is -2.09. The number of rotatable bonds is 7. The van der Waals surface area contributed by atoms with Gasteiger partial charge in [-0.15, -0.1) is 0 Å². The fourth-order valence-electron chi connectivity index (χ4n) is 1.93. The number of nitrogens with two attached hydrogens (primary N) is 1. The largest absolute Gasteiger partial charge is 0.346 e. The van der Waals surface area contributed by atoms with E-state index in [0.29, 0.717) is 37.5 Å². The average molecular weight is 288 g/mol. The van der Waals surface area contributed by atoms with Gasteiger partial charge in [0.2, 0.25) is 11.8 Å². The van der Waals surface area contributed by atoms with Crippen LogP contribution in [0.2, 0.25) is 0 Å². The van der Waals surface area contributed by atoms with Gasteiger partial charge in [0.1, 0.15) is 0 Å². The summed E-state index contributed by atoms with van der Waals surface area (Å²) in [5, 5.41) is 6.75. The van der Waals surface area contributed by atoms with Crippen molar-refractivity contribution < 1.29 is 9.32 Å². The standard InChI is InChI=1S/C15H20N4O2/c1-11(17-13(20)8-5-9-16)15-18-14(21-19-15)10-12-6-3-2-4-7-12/h2-4,6-7,11H,5,8-10,16H2,1H3,(H,17,20). The van der Waals surface area contributed by atoms with Crippen LogP contribution < -0.4 is 11.1 Å². The Bertz CT molecular complexity index is 568. The molecule has 0 radical (unpaired) electrons. The van der Waals surface area contributed by atoms with E-state index >= 15 is 0 Å². The van der Waals surface area contributed by atoms with Gasteiger partial charge in [0.15, 0.2) is 5.82 Å². The van der Waals surface area contributed by atoms with Gasteiger partial charge in [-0.3, -0.25) is 4.79 Å². The fraction of sp³-hybridized carbons (Fsp3) is 0.400. The fourth-order valence-corrected chi connectivity index (χ4v) is 1.93. The van der Waals surface area contributed by atoms with E-state index in [-0.39, 0.29) is 11.9 Å². The maximum Gasteiger partial charge on any atom is 0.231 e. The van der Waals surface area contributed by atoms with E-state index < -0.39 is 0 Å². The third-order valence-corrected chi connectivity index (χ3v) is 3.05. The van der Waals surface area contributed by atoms with Gasteiger partial charge in [0.25, 0.3) is 0 Å². The minimum Gasteiger partial charge on any atom is -0.346 e. The Morgan fingerprint density at radius 3 is 2.86 bits per heavy atom. The Morgan fingerprint density at radius 1 is 1.38 bits per heavy atom. The van der Waals surface area contributed by atoms with Crippen LogP contribution in [0.25, 0.3) is 0 Å². The predicted molar refractivity (Wildman–Crippen MR) is 78.4 cm³/mol. The molecule has 1 aromatic carbocycles. The molecule has 0 fully saturated rings. The Labute approximate surface area is 123 Å². The molecule has 1 amide bonds. The Morgan fingerprint density at radius 2 is 2.14 bits per heavy atom. The van der Waals surface area contributed by atoms with Gasteiger partial charge in [-0.2, -0.15) is 4.98 Å². The lowest BCUT2D eigenvalue weighted by molar-refractivity contribution is -0.121. The third-order valence-electron chi connectivity index (χ3n) is 3.05. The Kier molecular flexibility index (Phi) is 5.45. The molecule has 1 heterocycles. The number of aromatic nitrogens is 2. The number of nitrogens with one attached hydrogen (secondary N) is 1. The minimum atomic E-state index is -0.274. The van der Waals surface area contributed by atoms with Gasteiger partial charge in [-0.25, -0.2) is 0 Å². The molecule has 6 heteroatoms. The molecule has 0 saturated carbocycles. The number of nitrogens with zero attached hydrogens (tertiary/aromatic N) is 2. The first-order valence-corrected chi connectivity index (χ1v) is 7.05. The highest BCUT2D eigenvalue weighted by Crippen LogP contribution is 2.12. The summed E-state index contributed by atoms with van der Waals surface area (Å²) in [6, 6.07) is 9.62. The summed E-state index contributed by atoms with van der Waals surface area (Å²) in [6.45, 7) is 2.34. The summed E-state index contributed by atoms with van der Waals surface area (Å²) < 4.78 is 5.22. The van der Waals surface area contributed by atoms with Crippen molar-refractivity contribution in [1.29, 1.82) is 0 Å². The van der Waals surface area contributed by atoms with Crippen molar-refractivity contribution >= 4 is 5.91 Å². The van der Waals surface area contributed by atoms with Crippen molar-refractivity contribution in [2.24, 2.45) is 5.73 Å². The molecule has 1 unspecified atom stereocenters. The second kappa shape index (κ2) is 7.54. The van der Waals surface area contributed by atoms with E-state index in [9.17, 15) is 4.79 Å². The monoisotopic (exact) mass is 288 g/mol. The van der Waals surface area contributed by atoms with Crippen LogP contribution in [-0.4, -0.2) is 22.6 Å². The first-order valence-electron chi connectivity index (χ1n) is 7.05. The lowest BCUT2D eigenvalue weighted by atomic mass is 10.1. The SMILES string of the molecule is CC(NC(=O)CCCN)c1noc(Cc2ccccc2)n1. The Hall–Kier alpha value is -2.21. The number of hydrogen-bond acceptors (Lipinski definition) is 5. The van der Waals surface area contributed by atoms with Crippen LogP contribution in [0, 0.1) is 0 Å². The molecule has 112 valence electrons. The van der Waals surface area contributed by atoms with E-state index in [4.69, 9.17) is 10.3 Å². The molecule has 0 aliphatic carbocycles. The highest BCUT2D eigenvalue weighted by Gasteiger charge is 2.15. The second-order valence-corrected chi connectivity index (χ2v) is 4.89. The quantitative estimate of drug-likeness (QED) is 0.806. The molecule has 0 saturated heterocycles. The van der Waals surface area contributed by atoms with E-state index in [1.165, 1.54) is 0 Å². The molecule has 1 aromatic heterocycles. The number of carbonyl (C=O) groups excluding carboxylic acids is 1. The normalized spacial score (nSPS) is 12.1. The van der Waals surface area contributed by atoms with E-state index in [1.54, 1.807) is 0 Å². The first-order chi connectivity index (χ1) is 10.2. The summed E-state index contributed by atoms with van der Waals surface area (Å²) in [6.07, 6.45) is 1.67. The van der Waals surface area contributed by atoms with Crippen LogP contribution >= 0.6 is 0 Å². The van der Waals surface area contributed by atoms with Crippen molar-refractivity contribution in [3.05, 3.63) is 47.6 Å². The van der Waals surface area contributed by atoms with Crippen molar-refractivity contribution in [3.8, 4) is 0 Å². The van der Waals surface area contributed by atoms with Crippen LogP contribution in [0.5, 0.6) is 0 Å². The zero-order valence-corrected chi connectivity index (χ0v) is 12.1. The number of benzene rings is 1. The summed E-state index contributed by atoms with van der Waals surface area (Å²) in [7, 11) is 0. The van der Waals surface area contributed by atoms with Gasteiger partial charge < -0.3 is 15.6 Å². The van der Waals surface area contributed by atoms with Crippen molar-refractivity contribution in [2.45, 2.75) is 32.2 Å². The molecule has 1 atom stereocenters. The highest BCUT2D eigenvalue weighted by molar-refractivity contribution is 5.76. The topological polar surface area (TPSA) is 94.0 Å². The molecule has 0 bridgehead atoms. The molecule has 0 spiro atoms. The second-order valence-electron chi connectivity index (χ2n) is 4.89. The predicted octanol–water partition coefficient (Wildman–Crippen LogP) is 1.58. The third kappa shape index (κ3) is 4.68. The van der Waals surface area contributed by atoms with Crippen molar-refractivity contribution in [3.63, 3.8) is 0 Å². The van der Waals surface area contributed by atoms with Gasteiger partial charge in [0, 0.05) is 6.42 Å². The van der Waals surface area contributed by atoms with Crippen molar-refractivity contribution in [2.75, 3.05) is 6.54 Å². The van der Waals surface area contributed by atoms with Crippen molar-refractivity contribution in [1.82, 2.24) is 15.5 Å². The molecular weight excluding hydrogens is 268 g/mol. The first kappa shape index (κ1) is 15.2. The van der Waals surface area contributed by atoms with Gasteiger partial charge >= 0.3 is 0 Å². The molecule has 0 aliphatic heterocycles. The van der Waals surface area contributed by atoms with Crippen LogP contribution in [0.4, 0.5) is 0 Å². The van der Waals surface area contributed by atoms with E-state index in [2.05, 4.69) is 15.5 Å². The summed E-state index contributed by atoms with van der Waals surface area (Å²) in [5.74, 6) is 0.976. The van der Waals surface area contributed by atoms with Crippen LogP contribution in [0.15, 0.2) is 34.9 Å². The maximum atomic E-state index is 11.6. The number of carbonyl (C=O) groups is 1. The lowest BCUT2D eigenvalue weighted by Crippen LogP contribution is -2.27. The molecule has 21 heavy (non-hydrogen) atoms. The Balaban J connectivity index is 1.91. The van der Waals surface area contributed by atoms with Crippen LogP contribution in [-0.2, 0) is 11.2 Å². The van der Waals surface area contributed by atoms with E-state index in [1.807, 2.05) is 37.3 Å². The average Bonchev–Trinajstić information content (AvgIpc) is 2.95. The smallest absolute Gasteiger partial charge is 0.231 e. The molecule has 6 nitrogen and oxygen atoms in total. The zero-order valence-electron chi connectivity index (χ0n) is 12.1. The molecule has 2 aromatic rings. The zero-order chi connectivity index (χ0) is 15.1. The van der Waals surface area contributed by atoms with Crippen LogP contribution in [0.1, 0.15) is 43.1 Å². The van der Waals surface area contributed by atoms with Crippen LogP contribution in [0.3, 0.4) is 0 Å². The summed E-state index contributed by atoms with van der Waals surface area (Å²) >= 11 is 0. The summed E-state index contributed by atoms with van der Waals surface area (Å²) in [5.41, 5.74) is 6.48.